The molecule has 126 valence electrons. The lowest BCUT2D eigenvalue weighted by atomic mass is 10.4. The van der Waals surface area contributed by atoms with E-state index in [9.17, 15) is 13.7 Å². The molecule has 2 unspecified atom stereocenters. The van der Waals surface area contributed by atoms with Crippen molar-refractivity contribution in [3.8, 4) is 0 Å². The second-order valence-corrected chi connectivity index (χ2v) is 7.89. The molecule has 0 aromatic rings. The van der Waals surface area contributed by atoms with Gasteiger partial charge in [0.1, 0.15) is 6.79 Å². The molecule has 4 N–H and O–H groups in total. The molecule has 0 saturated carbocycles. The van der Waals surface area contributed by atoms with Crippen LogP contribution in [-0.4, -0.2) is 39.8 Å². The van der Waals surface area contributed by atoms with E-state index < -0.39 is 30.3 Å². The van der Waals surface area contributed by atoms with Gasteiger partial charge in [-0.05, 0) is 6.92 Å². The summed E-state index contributed by atoms with van der Waals surface area (Å²) in [5.74, 6) is 0. The highest BCUT2D eigenvalue weighted by Crippen LogP contribution is 2.66. The van der Waals surface area contributed by atoms with Gasteiger partial charge in [-0.25, -0.2) is 13.7 Å². The summed E-state index contributed by atoms with van der Waals surface area (Å²) in [6.07, 6.45) is 0. The van der Waals surface area contributed by atoms with Crippen molar-refractivity contribution in [3.63, 3.8) is 0 Å². The van der Waals surface area contributed by atoms with Gasteiger partial charge in [-0.1, -0.05) is 12.2 Å². The predicted octanol–water partition coefficient (Wildman–Crippen LogP) is 0.854. The minimum absolute atomic E-state index is 0.176. The summed E-state index contributed by atoms with van der Waals surface area (Å²) in [7, 11) is -16.1. The molecule has 0 aliphatic heterocycles. The van der Waals surface area contributed by atoms with Gasteiger partial charge in [0.15, 0.2) is 6.79 Å². The summed E-state index contributed by atoms with van der Waals surface area (Å²) in [5, 5.41) is 0. The first-order chi connectivity index (χ1) is 9.33. The molecule has 0 aliphatic rings. The van der Waals surface area contributed by atoms with Gasteiger partial charge in [0.05, 0.1) is 6.61 Å². The van der Waals surface area contributed by atoms with E-state index in [0.717, 1.165) is 0 Å². The number of rotatable bonds is 11. The standard InChI is InChI=1S/C6H15O12P3/c1-6(2)3-14-4-15-5-16-20(10,11)18-21(12,13)17-19(7,8)9/h1,3-5H2,2H3,(H,10,11)(H,12,13)(H2,7,8,9). The van der Waals surface area contributed by atoms with E-state index in [1.165, 1.54) is 0 Å². The van der Waals surface area contributed by atoms with Gasteiger partial charge >= 0.3 is 23.5 Å². The maximum atomic E-state index is 11.2. The zero-order valence-electron chi connectivity index (χ0n) is 10.7. The van der Waals surface area contributed by atoms with Crippen molar-refractivity contribution >= 4 is 23.5 Å². The van der Waals surface area contributed by atoms with Crippen molar-refractivity contribution in [1.82, 2.24) is 0 Å². The summed E-state index contributed by atoms with van der Waals surface area (Å²) < 4.78 is 52.9. The van der Waals surface area contributed by atoms with Gasteiger partial charge in [-0.2, -0.15) is 8.62 Å². The zero-order valence-corrected chi connectivity index (χ0v) is 13.4. The molecule has 0 spiro atoms. The van der Waals surface area contributed by atoms with E-state index >= 15 is 0 Å². The summed E-state index contributed by atoms with van der Waals surface area (Å²) >= 11 is 0. The Morgan fingerprint density at radius 3 is 2.00 bits per heavy atom. The quantitative estimate of drug-likeness (QED) is 0.174. The summed E-state index contributed by atoms with van der Waals surface area (Å²) in [5.41, 5.74) is 0.700. The lowest BCUT2D eigenvalue weighted by Crippen LogP contribution is -2.05. The predicted molar refractivity (Wildman–Crippen MR) is 66.5 cm³/mol. The summed E-state index contributed by atoms with van der Waals surface area (Å²) in [4.78, 5) is 34.4. The topological polar surface area (TPSA) is 178 Å². The SMILES string of the molecule is C=C(C)COCOCOP(=O)(O)OP(=O)(O)OP(=O)(O)O. The molecule has 0 heterocycles. The van der Waals surface area contributed by atoms with Crippen molar-refractivity contribution in [2.75, 3.05) is 20.2 Å². The molecule has 0 bridgehead atoms. The molecule has 15 heteroatoms. The van der Waals surface area contributed by atoms with Crippen LogP contribution in [0.25, 0.3) is 0 Å². The molecule has 0 aromatic heterocycles. The Morgan fingerprint density at radius 2 is 1.52 bits per heavy atom. The first-order valence-electron chi connectivity index (χ1n) is 4.91. The summed E-state index contributed by atoms with van der Waals surface area (Å²) in [6.45, 7) is 4.20. The van der Waals surface area contributed by atoms with Crippen molar-refractivity contribution in [1.29, 1.82) is 0 Å². The second-order valence-electron chi connectivity index (χ2n) is 3.47. The molecular formula is C6H15O12P3. The Labute approximate surface area is 119 Å². The smallest absolute Gasteiger partial charge is 0.351 e. The van der Waals surface area contributed by atoms with E-state index in [2.05, 4.69) is 24.5 Å². The van der Waals surface area contributed by atoms with Crippen LogP contribution in [0.15, 0.2) is 12.2 Å². The number of hydrogen-bond acceptors (Lipinski definition) is 8. The van der Waals surface area contributed by atoms with Crippen molar-refractivity contribution in [3.05, 3.63) is 12.2 Å². The lowest BCUT2D eigenvalue weighted by Gasteiger charge is -2.16. The Bertz CT molecular complexity index is 481. The Balaban J connectivity index is 4.14. The average Bonchev–Trinajstić information content (AvgIpc) is 2.16. The number of phosphoric acid groups is 3. The minimum atomic E-state index is -5.51. The molecule has 0 aliphatic carbocycles. The van der Waals surface area contributed by atoms with Gasteiger partial charge in [0.25, 0.3) is 0 Å². The fourth-order valence-electron chi connectivity index (χ4n) is 0.716. The summed E-state index contributed by atoms with van der Waals surface area (Å²) in [6, 6.07) is 0. The van der Waals surface area contributed by atoms with Crippen molar-refractivity contribution in [2.24, 2.45) is 0 Å². The third-order valence-electron chi connectivity index (χ3n) is 1.23. The first-order valence-corrected chi connectivity index (χ1v) is 9.43. The van der Waals surface area contributed by atoms with Crippen molar-refractivity contribution < 1.29 is 55.9 Å². The molecule has 0 amide bonds. The maximum Gasteiger partial charge on any atom is 0.490 e. The van der Waals surface area contributed by atoms with Gasteiger partial charge in [0, 0.05) is 0 Å². The number of ether oxygens (including phenoxy) is 2. The lowest BCUT2D eigenvalue weighted by molar-refractivity contribution is -0.0990. The van der Waals surface area contributed by atoms with E-state index in [1.807, 2.05) is 0 Å². The van der Waals surface area contributed by atoms with Crippen molar-refractivity contribution in [2.45, 2.75) is 6.92 Å². The highest BCUT2D eigenvalue weighted by atomic mass is 31.3. The van der Waals surface area contributed by atoms with Crippen LogP contribution in [0, 0.1) is 0 Å². The van der Waals surface area contributed by atoms with Gasteiger partial charge in [-0.15, -0.1) is 0 Å². The largest absolute Gasteiger partial charge is 0.490 e. The monoisotopic (exact) mass is 372 g/mol. The van der Waals surface area contributed by atoms with Crippen LogP contribution in [0.5, 0.6) is 0 Å². The van der Waals surface area contributed by atoms with Gasteiger partial charge in [0.2, 0.25) is 0 Å². The molecule has 0 radical (unpaired) electrons. The van der Waals surface area contributed by atoms with E-state index in [1.54, 1.807) is 6.92 Å². The van der Waals surface area contributed by atoms with Crippen LogP contribution >= 0.6 is 23.5 Å². The van der Waals surface area contributed by atoms with Gasteiger partial charge in [-0.3, -0.25) is 4.52 Å². The van der Waals surface area contributed by atoms with Crippen LogP contribution in [0.2, 0.25) is 0 Å². The molecule has 0 saturated heterocycles. The maximum absolute atomic E-state index is 11.2. The number of hydrogen-bond donors (Lipinski definition) is 4. The Morgan fingerprint density at radius 1 is 0.952 bits per heavy atom. The fraction of sp³-hybridized carbons (Fsp3) is 0.667. The second kappa shape index (κ2) is 8.64. The molecule has 0 aromatic carbocycles. The zero-order chi connectivity index (χ0) is 16.7. The highest BCUT2D eigenvalue weighted by molar-refractivity contribution is 7.66. The molecule has 2 atom stereocenters. The van der Waals surface area contributed by atoms with Crippen LogP contribution in [0.3, 0.4) is 0 Å². The fourth-order valence-corrected chi connectivity index (χ4v) is 3.62. The first kappa shape index (κ1) is 21.1. The Hall–Kier alpha value is 0.0700. The normalized spacial score (nSPS) is 18.0. The number of phosphoric ester groups is 1. The minimum Gasteiger partial charge on any atom is -0.351 e. The third kappa shape index (κ3) is 13.5. The van der Waals surface area contributed by atoms with E-state index in [4.69, 9.17) is 24.3 Å². The van der Waals surface area contributed by atoms with Crippen LogP contribution in [0.4, 0.5) is 0 Å². The molecule has 21 heavy (non-hydrogen) atoms. The Kier molecular flexibility index (Phi) is 8.67. The van der Waals surface area contributed by atoms with E-state index in [-0.39, 0.29) is 13.4 Å². The van der Waals surface area contributed by atoms with E-state index in [0.29, 0.717) is 5.57 Å². The highest BCUT2D eigenvalue weighted by Gasteiger charge is 2.40. The molecule has 0 fully saturated rings. The average molecular weight is 372 g/mol. The van der Waals surface area contributed by atoms with Gasteiger partial charge < -0.3 is 29.0 Å². The van der Waals surface area contributed by atoms with Crippen LogP contribution in [0.1, 0.15) is 6.92 Å². The van der Waals surface area contributed by atoms with Crippen LogP contribution in [-0.2, 0) is 36.3 Å². The molecule has 12 nitrogen and oxygen atoms in total. The van der Waals surface area contributed by atoms with Crippen LogP contribution < -0.4 is 0 Å². The third-order valence-corrected chi connectivity index (χ3v) is 4.99. The molecule has 0 rings (SSSR count). The molecular weight excluding hydrogens is 357 g/mol.